The summed E-state index contributed by atoms with van der Waals surface area (Å²) in [6.07, 6.45) is -0.519. The van der Waals surface area contributed by atoms with Crippen LogP contribution in [0.25, 0.3) is 11.1 Å². The summed E-state index contributed by atoms with van der Waals surface area (Å²) >= 11 is 0. The number of amides is 3. The molecule has 1 aliphatic carbocycles. The zero-order valence-corrected chi connectivity index (χ0v) is 33.7. The van der Waals surface area contributed by atoms with Gasteiger partial charge in [-0.3, -0.25) is 9.59 Å². The number of carbonyl (C=O) groups is 3. The number of hydrogen-bond acceptors (Lipinski definition) is 8. The van der Waals surface area contributed by atoms with E-state index in [4.69, 9.17) is 23.7 Å². The van der Waals surface area contributed by atoms with E-state index < -0.39 is 30.0 Å². The van der Waals surface area contributed by atoms with Crippen molar-refractivity contribution in [2.45, 2.75) is 30.3 Å². The fourth-order valence-corrected chi connectivity index (χ4v) is 8.38. The molecular formula is C49H45N3O8. The van der Waals surface area contributed by atoms with Crippen LogP contribution in [0.15, 0.2) is 140 Å². The van der Waals surface area contributed by atoms with E-state index in [2.05, 4.69) is 34.9 Å². The molecule has 0 saturated carbocycles. The maximum atomic E-state index is 14.4. The summed E-state index contributed by atoms with van der Waals surface area (Å²) in [6, 6.07) is 42.7. The summed E-state index contributed by atoms with van der Waals surface area (Å²) < 4.78 is 28.4. The minimum Gasteiger partial charge on any atom is -0.495 e. The Morgan fingerprint density at radius 3 is 1.83 bits per heavy atom. The van der Waals surface area contributed by atoms with Gasteiger partial charge >= 0.3 is 6.09 Å². The fourth-order valence-electron chi connectivity index (χ4n) is 8.38. The summed E-state index contributed by atoms with van der Waals surface area (Å²) in [5.74, 6) is 0.311. The molecule has 1 fully saturated rings. The molecule has 6 aromatic carbocycles. The topological polar surface area (TPSA) is 125 Å². The van der Waals surface area contributed by atoms with Crippen molar-refractivity contribution in [2.24, 2.45) is 0 Å². The van der Waals surface area contributed by atoms with Gasteiger partial charge in [-0.1, -0.05) is 115 Å². The van der Waals surface area contributed by atoms with Crippen molar-refractivity contribution in [3.8, 4) is 34.1 Å². The molecule has 60 heavy (non-hydrogen) atoms. The fraction of sp³-hybridized carbons (Fsp3) is 0.204. The van der Waals surface area contributed by atoms with Gasteiger partial charge in [-0.25, -0.2) is 4.79 Å². The lowest BCUT2D eigenvalue weighted by molar-refractivity contribution is -0.126. The van der Waals surface area contributed by atoms with Crippen molar-refractivity contribution in [1.29, 1.82) is 0 Å². The number of ether oxygens (including phenoxy) is 5. The quantitative estimate of drug-likeness (QED) is 0.105. The average molecular weight is 804 g/mol. The highest BCUT2D eigenvalue weighted by Gasteiger charge is 2.50. The number of anilines is 2. The molecule has 1 aliphatic heterocycles. The first-order valence-electron chi connectivity index (χ1n) is 19.7. The number of alkyl carbamates (subject to hydrolysis) is 1. The number of carbonyl (C=O) groups excluding carboxylic acids is 3. The predicted molar refractivity (Wildman–Crippen MR) is 229 cm³/mol. The smallest absolute Gasteiger partial charge is 0.407 e. The van der Waals surface area contributed by atoms with Crippen LogP contribution in [0.3, 0.4) is 0 Å². The molecule has 2 aliphatic rings. The lowest BCUT2D eigenvalue weighted by Crippen LogP contribution is -2.53. The average Bonchev–Trinajstić information content (AvgIpc) is 3.60. The van der Waals surface area contributed by atoms with Gasteiger partial charge in [-0.05, 0) is 51.1 Å². The molecule has 3 amide bonds. The number of β-lactam (4-membered cyclic amide) rings is 1. The van der Waals surface area contributed by atoms with Gasteiger partial charge in [-0.15, -0.1) is 0 Å². The van der Waals surface area contributed by atoms with Crippen LogP contribution in [-0.2, 0) is 20.7 Å². The lowest BCUT2D eigenvalue weighted by Gasteiger charge is -2.48. The third-order valence-electron chi connectivity index (χ3n) is 11.2. The number of nitrogens with one attached hydrogen (secondary N) is 2. The van der Waals surface area contributed by atoms with E-state index in [1.54, 1.807) is 23.1 Å². The maximum Gasteiger partial charge on any atom is 0.407 e. The summed E-state index contributed by atoms with van der Waals surface area (Å²) in [4.78, 5) is 43.8. The monoisotopic (exact) mass is 803 g/mol. The van der Waals surface area contributed by atoms with E-state index in [9.17, 15) is 14.4 Å². The highest BCUT2D eigenvalue weighted by atomic mass is 16.5. The zero-order valence-electron chi connectivity index (χ0n) is 33.7. The molecular weight excluding hydrogens is 759 g/mol. The second-order valence-corrected chi connectivity index (χ2v) is 14.6. The van der Waals surface area contributed by atoms with Gasteiger partial charge in [0.1, 0.15) is 18.4 Å². The van der Waals surface area contributed by atoms with Crippen LogP contribution in [0.4, 0.5) is 16.2 Å². The Bertz CT molecular complexity index is 2460. The number of hydrogen-bond donors (Lipinski definition) is 2. The summed E-state index contributed by atoms with van der Waals surface area (Å²) in [7, 11) is 6.08. The lowest BCUT2D eigenvalue weighted by atomic mass is 9.77. The van der Waals surface area contributed by atoms with Gasteiger partial charge in [0, 0.05) is 24.5 Å². The molecule has 1 heterocycles. The minimum atomic E-state index is -1.02. The molecule has 304 valence electrons. The van der Waals surface area contributed by atoms with E-state index in [0.717, 1.165) is 38.9 Å². The largest absolute Gasteiger partial charge is 0.495 e. The highest BCUT2D eigenvalue weighted by molar-refractivity contribution is 6.07. The Kier molecular flexibility index (Phi) is 11.4. The van der Waals surface area contributed by atoms with Crippen LogP contribution in [0, 0.1) is 0 Å². The molecule has 2 N–H and O–H groups in total. The molecule has 11 nitrogen and oxygen atoms in total. The van der Waals surface area contributed by atoms with Gasteiger partial charge < -0.3 is 39.2 Å². The van der Waals surface area contributed by atoms with E-state index in [1.807, 2.05) is 97.1 Å². The van der Waals surface area contributed by atoms with Crippen LogP contribution in [0.1, 0.15) is 45.7 Å². The van der Waals surface area contributed by atoms with Crippen molar-refractivity contribution in [3.05, 3.63) is 167 Å². The molecule has 3 atom stereocenters. The summed E-state index contributed by atoms with van der Waals surface area (Å²) in [6.45, 7) is 0.0978. The number of nitrogens with zero attached hydrogens (tertiary/aromatic N) is 1. The first kappa shape index (κ1) is 39.6. The molecule has 0 spiro atoms. The Labute approximate surface area is 348 Å². The van der Waals surface area contributed by atoms with E-state index in [0.29, 0.717) is 34.4 Å². The van der Waals surface area contributed by atoms with Crippen LogP contribution < -0.4 is 34.5 Å². The number of methoxy groups -OCH3 is 4. The van der Waals surface area contributed by atoms with Crippen LogP contribution >= 0.6 is 0 Å². The molecule has 0 aromatic heterocycles. The molecule has 0 unspecified atom stereocenters. The van der Waals surface area contributed by atoms with Crippen molar-refractivity contribution in [2.75, 3.05) is 45.3 Å². The third-order valence-corrected chi connectivity index (χ3v) is 11.2. The first-order valence-corrected chi connectivity index (χ1v) is 19.7. The molecule has 6 aromatic rings. The molecule has 8 rings (SSSR count). The Morgan fingerprint density at radius 1 is 0.650 bits per heavy atom. The molecule has 1 saturated heterocycles. The molecule has 11 heteroatoms. The minimum absolute atomic E-state index is 0.0978. The Balaban J connectivity index is 1.08. The predicted octanol–water partition coefficient (Wildman–Crippen LogP) is 8.68. The first-order chi connectivity index (χ1) is 29.3. The standard InChI is InChI=1S/C49H45N3O8/c1-56-41-24-23-32(45-44(31-17-9-6-10-18-31)48(54)52(45)33-27-42(57-2)46(59-4)43(28-33)58-3)26-39(41)50-47(53)40(25-30-15-7-5-8-16-30)51-49(55)60-29-38-36-21-13-11-19-34(36)35-20-12-14-22-37(35)38/h5-24,26-28,38,40,44-45H,25,29H2,1-4H3,(H,50,53)(H,51,55)/t40-,44-,45-/m0/s1. The van der Waals surface area contributed by atoms with Crippen molar-refractivity contribution in [1.82, 2.24) is 5.32 Å². The normalized spacial score (nSPS) is 15.8. The van der Waals surface area contributed by atoms with Gasteiger partial charge in [0.25, 0.3) is 0 Å². The van der Waals surface area contributed by atoms with Gasteiger partial charge in [0.15, 0.2) is 11.5 Å². The number of rotatable bonds is 14. The van der Waals surface area contributed by atoms with Crippen molar-refractivity contribution >= 4 is 29.3 Å². The van der Waals surface area contributed by atoms with Crippen molar-refractivity contribution in [3.63, 3.8) is 0 Å². The number of benzene rings is 6. The Hall–Kier alpha value is -7.27. The molecule has 0 bridgehead atoms. The van der Waals surface area contributed by atoms with E-state index in [-0.39, 0.29) is 24.9 Å². The van der Waals surface area contributed by atoms with Crippen LogP contribution in [0.5, 0.6) is 23.0 Å². The summed E-state index contributed by atoms with van der Waals surface area (Å²) in [5.41, 5.74) is 7.74. The van der Waals surface area contributed by atoms with E-state index in [1.165, 1.54) is 28.4 Å². The molecule has 0 radical (unpaired) electrons. The summed E-state index contributed by atoms with van der Waals surface area (Å²) in [5, 5.41) is 5.88. The van der Waals surface area contributed by atoms with E-state index >= 15 is 0 Å². The van der Waals surface area contributed by atoms with Gasteiger partial charge in [0.2, 0.25) is 17.6 Å². The second kappa shape index (κ2) is 17.3. The Morgan fingerprint density at radius 2 is 1.23 bits per heavy atom. The highest BCUT2D eigenvalue weighted by Crippen LogP contribution is 2.52. The number of fused-ring (bicyclic) bond motifs is 3. The van der Waals surface area contributed by atoms with Gasteiger partial charge in [0.05, 0.1) is 51.8 Å². The van der Waals surface area contributed by atoms with Crippen molar-refractivity contribution < 1.29 is 38.1 Å². The SMILES string of the molecule is COc1ccc([C@H]2[C@H](c3ccccc3)C(=O)N2c2cc(OC)c(OC)c(OC)c2)cc1NC(=O)[C@H](Cc1ccccc1)NC(=O)OCC1c2ccccc2-c2ccccc21. The van der Waals surface area contributed by atoms with Crippen LogP contribution in [-0.4, -0.2) is 59.0 Å². The second-order valence-electron chi connectivity index (χ2n) is 14.6. The van der Waals surface area contributed by atoms with Crippen LogP contribution in [0.2, 0.25) is 0 Å². The van der Waals surface area contributed by atoms with Gasteiger partial charge in [-0.2, -0.15) is 0 Å². The zero-order chi connectivity index (χ0) is 41.8. The third kappa shape index (κ3) is 7.57. The maximum absolute atomic E-state index is 14.4.